The molecule has 2 aromatic carbocycles. The maximum Gasteiger partial charge on any atom is 0.407 e. The maximum absolute atomic E-state index is 11.5. The summed E-state index contributed by atoms with van der Waals surface area (Å²) in [6.45, 7) is 0. The molecule has 0 heterocycles. The fourth-order valence-electron chi connectivity index (χ4n) is 2.04. The van der Waals surface area contributed by atoms with Crippen LogP contribution in [0, 0.1) is 0 Å². The molecule has 0 aliphatic heterocycles. The summed E-state index contributed by atoms with van der Waals surface area (Å²) >= 11 is 0. The molecule has 0 aliphatic rings. The minimum absolute atomic E-state index is 0.111. The largest absolute Gasteiger partial charge is 0.453 e. The lowest BCUT2D eigenvalue weighted by atomic mass is 10.0. The first-order valence-corrected chi connectivity index (χ1v) is 6.89. The van der Waals surface area contributed by atoms with E-state index < -0.39 is 6.09 Å². The molecule has 0 radical (unpaired) electrons. The summed E-state index contributed by atoms with van der Waals surface area (Å²) in [7, 11) is 1.37. The quantitative estimate of drug-likeness (QED) is 0.908. The Morgan fingerprint density at radius 1 is 1.10 bits per heavy atom. The van der Waals surface area contributed by atoms with Gasteiger partial charge >= 0.3 is 6.09 Å². The van der Waals surface area contributed by atoms with E-state index in [0.29, 0.717) is 0 Å². The summed E-state index contributed by atoms with van der Waals surface area (Å²) in [4.78, 5) is 11.5. The zero-order valence-electron chi connectivity index (χ0n) is 12.0. The second-order valence-electron chi connectivity index (χ2n) is 4.70. The van der Waals surface area contributed by atoms with Crippen LogP contribution in [0.25, 0.3) is 6.08 Å². The lowest BCUT2D eigenvalue weighted by molar-refractivity contribution is 0.168. The predicted molar refractivity (Wildman–Crippen MR) is 85.0 cm³/mol. The lowest BCUT2D eigenvalue weighted by Gasteiger charge is -2.14. The molecule has 0 fully saturated rings. The Morgan fingerprint density at radius 2 is 1.71 bits per heavy atom. The van der Waals surface area contributed by atoms with Crippen LogP contribution in [0.2, 0.25) is 0 Å². The zero-order chi connectivity index (χ0) is 14.9. The van der Waals surface area contributed by atoms with Gasteiger partial charge in [0.1, 0.15) is 0 Å². The van der Waals surface area contributed by atoms with Crippen molar-refractivity contribution in [1.29, 1.82) is 0 Å². The number of methoxy groups -OCH3 is 1. The first kappa shape index (κ1) is 14.9. The van der Waals surface area contributed by atoms with Crippen molar-refractivity contribution >= 4 is 12.2 Å². The number of alkyl carbamates (subject to hydrolysis) is 1. The van der Waals surface area contributed by atoms with Crippen LogP contribution < -0.4 is 5.32 Å². The summed E-state index contributed by atoms with van der Waals surface area (Å²) in [6, 6.07) is 19.9. The highest BCUT2D eigenvalue weighted by atomic mass is 16.5. The minimum atomic E-state index is -0.423. The van der Waals surface area contributed by atoms with Gasteiger partial charge in [-0.25, -0.2) is 4.79 Å². The highest BCUT2D eigenvalue weighted by molar-refractivity contribution is 5.68. The van der Waals surface area contributed by atoms with Gasteiger partial charge in [-0.05, 0) is 17.5 Å². The molecule has 0 saturated heterocycles. The Kier molecular flexibility index (Phi) is 5.59. The standard InChI is InChI=1S/C18H19NO2/c1-21-18(20)19-17(14-16-10-6-3-7-11-16)13-12-15-8-4-2-5-9-15/h2-13,17H,14H2,1H3,(H,19,20)/t17-/m1/s1. The molecule has 0 aromatic heterocycles. The Morgan fingerprint density at radius 3 is 2.33 bits per heavy atom. The average molecular weight is 281 g/mol. The summed E-state index contributed by atoms with van der Waals surface area (Å²) < 4.78 is 4.69. The van der Waals surface area contributed by atoms with Gasteiger partial charge in [0, 0.05) is 0 Å². The Bertz CT molecular complexity index is 579. The third-order valence-corrected chi connectivity index (χ3v) is 3.11. The van der Waals surface area contributed by atoms with Crippen molar-refractivity contribution in [2.45, 2.75) is 12.5 Å². The van der Waals surface area contributed by atoms with E-state index in [1.54, 1.807) is 0 Å². The van der Waals surface area contributed by atoms with E-state index in [2.05, 4.69) is 10.1 Å². The normalized spacial score (nSPS) is 12.0. The van der Waals surface area contributed by atoms with Crippen molar-refractivity contribution in [3.63, 3.8) is 0 Å². The fourth-order valence-corrected chi connectivity index (χ4v) is 2.04. The van der Waals surface area contributed by atoms with E-state index in [-0.39, 0.29) is 6.04 Å². The SMILES string of the molecule is COC(=O)N[C@H](C=Cc1ccccc1)Cc1ccccc1. The fraction of sp³-hybridized carbons (Fsp3) is 0.167. The molecule has 0 aliphatic carbocycles. The number of nitrogens with one attached hydrogen (secondary N) is 1. The molecular formula is C18H19NO2. The number of rotatable bonds is 5. The van der Waals surface area contributed by atoms with Crippen LogP contribution in [-0.4, -0.2) is 19.2 Å². The van der Waals surface area contributed by atoms with Crippen LogP contribution in [-0.2, 0) is 11.2 Å². The molecule has 0 unspecified atom stereocenters. The molecule has 108 valence electrons. The highest BCUT2D eigenvalue weighted by Crippen LogP contribution is 2.07. The lowest BCUT2D eigenvalue weighted by Crippen LogP contribution is -2.34. The number of amides is 1. The predicted octanol–water partition coefficient (Wildman–Crippen LogP) is 3.67. The van der Waals surface area contributed by atoms with E-state index in [1.807, 2.05) is 72.8 Å². The van der Waals surface area contributed by atoms with Crippen LogP contribution >= 0.6 is 0 Å². The van der Waals surface area contributed by atoms with Gasteiger partial charge in [0.2, 0.25) is 0 Å². The van der Waals surface area contributed by atoms with Gasteiger partial charge in [-0.15, -0.1) is 0 Å². The Balaban J connectivity index is 2.08. The van der Waals surface area contributed by atoms with E-state index in [9.17, 15) is 4.79 Å². The topological polar surface area (TPSA) is 38.3 Å². The third-order valence-electron chi connectivity index (χ3n) is 3.11. The summed E-state index contributed by atoms with van der Waals surface area (Å²) in [6.07, 6.45) is 4.29. The molecular weight excluding hydrogens is 262 g/mol. The molecule has 3 nitrogen and oxygen atoms in total. The molecule has 0 bridgehead atoms. The van der Waals surface area contributed by atoms with Gasteiger partial charge in [0.15, 0.2) is 0 Å². The van der Waals surface area contributed by atoms with Gasteiger partial charge in [-0.2, -0.15) is 0 Å². The number of hydrogen-bond donors (Lipinski definition) is 1. The maximum atomic E-state index is 11.5. The molecule has 0 spiro atoms. The monoisotopic (exact) mass is 281 g/mol. The van der Waals surface area contributed by atoms with E-state index >= 15 is 0 Å². The number of ether oxygens (including phenoxy) is 1. The first-order chi connectivity index (χ1) is 10.3. The summed E-state index contributed by atoms with van der Waals surface area (Å²) in [5, 5.41) is 2.84. The van der Waals surface area contributed by atoms with Crippen LogP contribution in [0.5, 0.6) is 0 Å². The highest BCUT2D eigenvalue weighted by Gasteiger charge is 2.09. The van der Waals surface area contributed by atoms with Crippen molar-refractivity contribution in [2.24, 2.45) is 0 Å². The minimum Gasteiger partial charge on any atom is -0.453 e. The van der Waals surface area contributed by atoms with Crippen LogP contribution in [0.4, 0.5) is 4.79 Å². The second-order valence-corrected chi connectivity index (χ2v) is 4.70. The second kappa shape index (κ2) is 7.90. The number of hydrogen-bond acceptors (Lipinski definition) is 2. The molecule has 21 heavy (non-hydrogen) atoms. The van der Waals surface area contributed by atoms with Gasteiger partial charge < -0.3 is 10.1 Å². The summed E-state index contributed by atoms with van der Waals surface area (Å²) in [5.74, 6) is 0. The van der Waals surface area contributed by atoms with Crippen molar-refractivity contribution < 1.29 is 9.53 Å². The van der Waals surface area contributed by atoms with Gasteiger partial charge in [-0.1, -0.05) is 72.8 Å². The van der Waals surface area contributed by atoms with Crippen LogP contribution in [0.15, 0.2) is 66.7 Å². The van der Waals surface area contributed by atoms with E-state index in [1.165, 1.54) is 7.11 Å². The molecule has 2 rings (SSSR count). The molecule has 1 N–H and O–H groups in total. The average Bonchev–Trinajstić information content (AvgIpc) is 2.54. The van der Waals surface area contributed by atoms with Crippen molar-refractivity contribution in [1.82, 2.24) is 5.32 Å². The molecule has 2 aromatic rings. The Hall–Kier alpha value is -2.55. The third kappa shape index (κ3) is 5.15. The van der Waals surface area contributed by atoms with E-state index in [0.717, 1.165) is 17.5 Å². The van der Waals surface area contributed by atoms with Crippen molar-refractivity contribution in [3.05, 3.63) is 77.9 Å². The summed E-state index contributed by atoms with van der Waals surface area (Å²) in [5.41, 5.74) is 2.26. The molecule has 3 heteroatoms. The first-order valence-electron chi connectivity index (χ1n) is 6.89. The van der Waals surface area contributed by atoms with Crippen molar-refractivity contribution in [3.8, 4) is 0 Å². The smallest absolute Gasteiger partial charge is 0.407 e. The van der Waals surface area contributed by atoms with Crippen molar-refractivity contribution in [2.75, 3.05) is 7.11 Å². The zero-order valence-corrected chi connectivity index (χ0v) is 12.0. The number of carbonyl (C=O) groups is 1. The van der Waals surface area contributed by atoms with Gasteiger partial charge in [0.25, 0.3) is 0 Å². The van der Waals surface area contributed by atoms with Gasteiger partial charge in [0.05, 0.1) is 13.2 Å². The molecule has 0 saturated carbocycles. The molecule has 1 amide bonds. The Labute approximate surface area is 125 Å². The number of carbonyl (C=O) groups excluding carboxylic acids is 1. The van der Waals surface area contributed by atoms with Crippen LogP contribution in [0.1, 0.15) is 11.1 Å². The molecule has 1 atom stereocenters. The number of benzene rings is 2. The van der Waals surface area contributed by atoms with Gasteiger partial charge in [-0.3, -0.25) is 0 Å². The van der Waals surface area contributed by atoms with Crippen LogP contribution in [0.3, 0.4) is 0 Å². The van der Waals surface area contributed by atoms with E-state index in [4.69, 9.17) is 0 Å².